The normalized spacial score (nSPS) is 29.4. The maximum atomic E-state index is 11.6. The van der Waals surface area contributed by atoms with Crippen LogP contribution in [0.5, 0.6) is 0 Å². The lowest BCUT2D eigenvalue weighted by Crippen LogP contribution is -2.48. The van der Waals surface area contributed by atoms with Crippen LogP contribution < -0.4 is 11.1 Å². The van der Waals surface area contributed by atoms with Crippen LogP contribution in [0.2, 0.25) is 0 Å². The Balaban J connectivity index is 1.67. The lowest BCUT2D eigenvalue weighted by atomic mass is 9.90. The van der Waals surface area contributed by atoms with Gasteiger partial charge in [-0.05, 0) is 32.7 Å². The Morgan fingerprint density at radius 2 is 2.00 bits per heavy atom. The Hall–Kier alpha value is -0.610. The molecule has 0 aromatic heterocycles. The van der Waals surface area contributed by atoms with Crippen molar-refractivity contribution in [3.05, 3.63) is 0 Å². The summed E-state index contributed by atoms with van der Waals surface area (Å²) in [5.74, 6) is 0.198. The highest BCUT2D eigenvalue weighted by Crippen LogP contribution is 2.21. The van der Waals surface area contributed by atoms with Crippen LogP contribution in [0.3, 0.4) is 0 Å². The lowest BCUT2D eigenvalue weighted by molar-refractivity contribution is -0.121. The summed E-state index contributed by atoms with van der Waals surface area (Å²) in [4.78, 5) is 13.9. The maximum absolute atomic E-state index is 11.6. The third kappa shape index (κ3) is 3.96. The number of hydrogen-bond donors (Lipinski definition) is 2. The van der Waals surface area contributed by atoms with Gasteiger partial charge in [0.1, 0.15) is 0 Å². The molecule has 0 spiro atoms. The molecule has 0 bridgehead atoms. The molecule has 4 heteroatoms. The Bertz CT molecular complexity index is 265. The largest absolute Gasteiger partial charge is 0.353 e. The number of rotatable bonds is 5. The van der Waals surface area contributed by atoms with Gasteiger partial charge >= 0.3 is 0 Å². The fourth-order valence-corrected chi connectivity index (χ4v) is 2.66. The van der Waals surface area contributed by atoms with Crippen LogP contribution in [-0.2, 0) is 4.79 Å². The third-order valence-electron chi connectivity index (χ3n) is 3.98. The number of hydrogen-bond acceptors (Lipinski definition) is 3. The molecule has 0 aromatic carbocycles. The highest BCUT2D eigenvalue weighted by atomic mass is 16.1. The Morgan fingerprint density at radius 3 is 2.65 bits per heavy atom. The maximum Gasteiger partial charge on any atom is 0.221 e. The van der Waals surface area contributed by atoms with Gasteiger partial charge in [0.25, 0.3) is 0 Å². The van der Waals surface area contributed by atoms with Crippen molar-refractivity contribution in [2.45, 2.75) is 63.1 Å². The zero-order chi connectivity index (χ0) is 12.3. The number of carbonyl (C=O) groups is 1. The van der Waals surface area contributed by atoms with Crippen LogP contribution in [-0.4, -0.2) is 42.5 Å². The minimum atomic E-state index is 0.198. The van der Waals surface area contributed by atoms with Crippen molar-refractivity contribution in [2.75, 3.05) is 13.6 Å². The van der Waals surface area contributed by atoms with E-state index >= 15 is 0 Å². The molecule has 2 rings (SSSR count). The van der Waals surface area contributed by atoms with Crippen molar-refractivity contribution >= 4 is 5.91 Å². The van der Waals surface area contributed by atoms with Crippen LogP contribution in [0.15, 0.2) is 0 Å². The molecule has 2 fully saturated rings. The second-order valence-corrected chi connectivity index (χ2v) is 5.59. The fourth-order valence-electron chi connectivity index (χ4n) is 2.66. The van der Waals surface area contributed by atoms with Gasteiger partial charge in [-0.3, -0.25) is 4.79 Å². The summed E-state index contributed by atoms with van der Waals surface area (Å²) in [5.41, 5.74) is 6.13. The predicted molar refractivity (Wildman–Crippen MR) is 68.6 cm³/mol. The Morgan fingerprint density at radius 1 is 1.29 bits per heavy atom. The van der Waals surface area contributed by atoms with Crippen LogP contribution >= 0.6 is 0 Å². The Labute approximate surface area is 104 Å². The molecule has 1 amide bonds. The van der Waals surface area contributed by atoms with E-state index in [9.17, 15) is 4.79 Å². The summed E-state index contributed by atoms with van der Waals surface area (Å²) in [6.07, 6.45) is 7.77. The molecule has 2 saturated carbocycles. The first-order valence-corrected chi connectivity index (χ1v) is 6.92. The van der Waals surface area contributed by atoms with E-state index in [1.165, 1.54) is 19.3 Å². The zero-order valence-electron chi connectivity index (χ0n) is 10.8. The van der Waals surface area contributed by atoms with Gasteiger partial charge in [0, 0.05) is 31.1 Å². The highest BCUT2D eigenvalue weighted by molar-refractivity contribution is 5.76. The van der Waals surface area contributed by atoms with Crippen molar-refractivity contribution in [1.82, 2.24) is 10.2 Å². The molecule has 2 aliphatic carbocycles. The number of amides is 1. The summed E-state index contributed by atoms with van der Waals surface area (Å²) in [5, 5.41) is 3.03. The van der Waals surface area contributed by atoms with E-state index in [-0.39, 0.29) is 5.91 Å². The van der Waals surface area contributed by atoms with Gasteiger partial charge in [-0.1, -0.05) is 12.8 Å². The minimum absolute atomic E-state index is 0.198. The number of nitrogens with one attached hydrogen (secondary N) is 1. The molecule has 2 atom stereocenters. The second-order valence-electron chi connectivity index (χ2n) is 5.59. The summed E-state index contributed by atoms with van der Waals surface area (Å²) in [6, 6.07) is 1.24. The monoisotopic (exact) mass is 239 g/mol. The molecule has 2 aliphatic rings. The Kier molecular flexibility index (Phi) is 4.40. The molecule has 0 heterocycles. The predicted octanol–water partition coefficient (Wildman–Crippen LogP) is 0.857. The average molecular weight is 239 g/mol. The van der Waals surface area contributed by atoms with Crippen molar-refractivity contribution in [3.63, 3.8) is 0 Å². The van der Waals surface area contributed by atoms with Gasteiger partial charge in [-0.25, -0.2) is 0 Å². The van der Waals surface area contributed by atoms with E-state index in [2.05, 4.69) is 17.3 Å². The molecular weight excluding hydrogens is 214 g/mol. The molecule has 3 N–H and O–H groups in total. The van der Waals surface area contributed by atoms with E-state index in [1.807, 2.05) is 0 Å². The molecule has 0 radical (unpaired) electrons. The van der Waals surface area contributed by atoms with Crippen LogP contribution in [0.25, 0.3) is 0 Å². The molecule has 0 saturated heterocycles. The smallest absolute Gasteiger partial charge is 0.221 e. The second kappa shape index (κ2) is 5.83. The molecule has 2 unspecified atom stereocenters. The molecule has 17 heavy (non-hydrogen) atoms. The topological polar surface area (TPSA) is 58.4 Å². The lowest BCUT2D eigenvalue weighted by Gasteiger charge is -2.35. The van der Waals surface area contributed by atoms with E-state index in [1.54, 1.807) is 0 Å². The average Bonchev–Trinajstić information content (AvgIpc) is 3.10. The molecule has 98 valence electrons. The number of carbonyl (C=O) groups excluding carboxylic acids is 1. The first-order chi connectivity index (χ1) is 8.16. The highest BCUT2D eigenvalue weighted by Gasteiger charge is 2.26. The van der Waals surface area contributed by atoms with Crippen LogP contribution in [0, 0.1) is 0 Å². The van der Waals surface area contributed by atoms with Crippen LogP contribution in [0.1, 0.15) is 44.9 Å². The zero-order valence-corrected chi connectivity index (χ0v) is 10.8. The summed E-state index contributed by atoms with van der Waals surface area (Å²) >= 11 is 0. The van der Waals surface area contributed by atoms with Crippen molar-refractivity contribution < 1.29 is 4.79 Å². The van der Waals surface area contributed by atoms with Crippen molar-refractivity contribution in [1.29, 1.82) is 0 Å². The van der Waals surface area contributed by atoms with Gasteiger partial charge < -0.3 is 16.0 Å². The SMILES string of the molecule is CN(CCC(=O)NC1CC1)C1CCCCC1N. The molecular formula is C13H25N3O. The van der Waals surface area contributed by atoms with Crippen LogP contribution in [0.4, 0.5) is 0 Å². The molecule has 4 nitrogen and oxygen atoms in total. The quantitative estimate of drug-likeness (QED) is 0.748. The summed E-state index contributed by atoms with van der Waals surface area (Å²) in [6.45, 7) is 0.830. The summed E-state index contributed by atoms with van der Waals surface area (Å²) < 4.78 is 0. The van der Waals surface area contributed by atoms with E-state index in [4.69, 9.17) is 5.73 Å². The minimum Gasteiger partial charge on any atom is -0.353 e. The van der Waals surface area contributed by atoms with Gasteiger partial charge in [0.2, 0.25) is 5.91 Å². The van der Waals surface area contributed by atoms with Gasteiger partial charge in [-0.2, -0.15) is 0 Å². The molecule has 0 aliphatic heterocycles. The first-order valence-electron chi connectivity index (χ1n) is 6.92. The summed E-state index contributed by atoms with van der Waals surface area (Å²) in [7, 11) is 2.10. The standard InChI is InChI=1S/C13H25N3O/c1-16(12-5-3-2-4-11(12)14)9-8-13(17)15-10-6-7-10/h10-12H,2-9,14H2,1H3,(H,15,17). The van der Waals surface area contributed by atoms with E-state index < -0.39 is 0 Å². The number of nitrogens with zero attached hydrogens (tertiary/aromatic N) is 1. The van der Waals surface area contributed by atoms with Crippen molar-refractivity contribution in [2.24, 2.45) is 5.73 Å². The van der Waals surface area contributed by atoms with E-state index in [0.717, 1.165) is 25.8 Å². The molecule has 0 aromatic rings. The first kappa shape index (κ1) is 12.8. The van der Waals surface area contributed by atoms with Gasteiger partial charge in [0.15, 0.2) is 0 Å². The third-order valence-corrected chi connectivity index (χ3v) is 3.98. The van der Waals surface area contributed by atoms with Crippen molar-refractivity contribution in [3.8, 4) is 0 Å². The van der Waals surface area contributed by atoms with E-state index in [0.29, 0.717) is 24.5 Å². The van der Waals surface area contributed by atoms with Gasteiger partial charge in [0.05, 0.1) is 0 Å². The number of likely N-dealkylation sites (N-methyl/N-ethyl adjacent to an activating group) is 1. The number of nitrogens with two attached hydrogens (primary N) is 1. The fraction of sp³-hybridized carbons (Fsp3) is 0.923. The van der Waals surface area contributed by atoms with Gasteiger partial charge in [-0.15, -0.1) is 0 Å².